The summed E-state index contributed by atoms with van der Waals surface area (Å²) in [5.41, 5.74) is 0.842. The van der Waals surface area contributed by atoms with Gasteiger partial charge in [-0.25, -0.2) is 4.98 Å². The van der Waals surface area contributed by atoms with Gasteiger partial charge in [0.05, 0.1) is 36.4 Å². The Labute approximate surface area is 149 Å². The Kier molecular flexibility index (Phi) is 8.63. The first-order valence-electron chi connectivity index (χ1n) is 8.03. The van der Waals surface area contributed by atoms with E-state index in [4.69, 9.17) is 0 Å². The SMILES string of the molecule is CCCC(CCC)[NH2+]CCn1cnc2ccccc2c1=O.[I-]. The lowest BCUT2D eigenvalue weighted by molar-refractivity contribution is -0.691. The van der Waals surface area contributed by atoms with Crippen LogP contribution < -0.4 is 34.9 Å². The maximum Gasteiger partial charge on any atom is 0.261 e. The molecule has 22 heavy (non-hydrogen) atoms. The van der Waals surface area contributed by atoms with Gasteiger partial charge in [0.25, 0.3) is 5.56 Å². The lowest BCUT2D eigenvalue weighted by Gasteiger charge is -2.14. The quantitative estimate of drug-likeness (QED) is 0.559. The second-order valence-corrected chi connectivity index (χ2v) is 5.62. The van der Waals surface area contributed by atoms with E-state index < -0.39 is 0 Å². The molecule has 0 radical (unpaired) electrons. The fourth-order valence-electron chi connectivity index (χ4n) is 2.84. The van der Waals surface area contributed by atoms with E-state index in [1.54, 1.807) is 10.9 Å². The molecule has 1 aromatic heterocycles. The highest BCUT2D eigenvalue weighted by atomic mass is 127. The fraction of sp³-hybridized carbons (Fsp3) is 0.529. The predicted molar refractivity (Wildman–Crippen MR) is 86.4 cm³/mol. The summed E-state index contributed by atoms with van der Waals surface area (Å²) in [5.74, 6) is 0. The van der Waals surface area contributed by atoms with Crippen LogP contribution in [0.3, 0.4) is 0 Å². The number of hydrogen-bond donors (Lipinski definition) is 1. The Morgan fingerprint density at radius 1 is 1.18 bits per heavy atom. The number of quaternary nitrogens is 1. The van der Waals surface area contributed by atoms with Crippen molar-refractivity contribution in [2.45, 2.75) is 52.1 Å². The third kappa shape index (κ3) is 5.05. The number of fused-ring (bicyclic) bond motifs is 1. The maximum absolute atomic E-state index is 12.4. The second-order valence-electron chi connectivity index (χ2n) is 5.62. The van der Waals surface area contributed by atoms with Gasteiger partial charge in [-0.2, -0.15) is 0 Å². The summed E-state index contributed by atoms with van der Waals surface area (Å²) in [7, 11) is 0. The zero-order valence-electron chi connectivity index (χ0n) is 13.5. The minimum absolute atomic E-state index is 0. The van der Waals surface area contributed by atoms with Gasteiger partial charge in [-0.05, 0) is 25.0 Å². The Hall–Kier alpha value is -0.950. The van der Waals surface area contributed by atoms with Crippen molar-refractivity contribution < 1.29 is 29.3 Å². The van der Waals surface area contributed by atoms with E-state index in [2.05, 4.69) is 24.1 Å². The van der Waals surface area contributed by atoms with Gasteiger partial charge >= 0.3 is 0 Å². The molecular weight excluding hydrogens is 389 g/mol. The second kappa shape index (κ2) is 9.94. The van der Waals surface area contributed by atoms with Crippen LogP contribution in [0.15, 0.2) is 35.4 Å². The average molecular weight is 415 g/mol. The molecule has 2 N–H and O–H groups in total. The van der Waals surface area contributed by atoms with Crippen LogP contribution in [-0.4, -0.2) is 22.1 Å². The van der Waals surface area contributed by atoms with Crippen molar-refractivity contribution in [1.82, 2.24) is 9.55 Å². The van der Waals surface area contributed by atoms with E-state index in [0.29, 0.717) is 11.4 Å². The molecule has 0 saturated heterocycles. The number of benzene rings is 1. The van der Waals surface area contributed by atoms with Crippen LogP contribution in [0.25, 0.3) is 10.9 Å². The number of hydrogen-bond acceptors (Lipinski definition) is 2. The number of aromatic nitrogens is 2. The highest BCUT2D eigenvalue weighted by molar-refractivity contribution is 5.76. The van der Waals surface area contributed by atoms with E-state index in [9.17, 15) is 4.79 Å². The van der Waals surface area contributed by atoms with Gasteiger partial charge in [-0.1, -0.05) is 38.8 Å². The molecule has 0 atom stereocenters. The molecule has 2 aromatic rings. The summed E-state index contributed by atoms with van der Waals surface area (Å²) in [5, 5.41) is 3.09. The fourth-order valence-corrected chi connectivity index (χ4v) is 2.84. The lowest BCUT2D eigenvalue weighted by atomic mass is 10.1. The molecule has 0 aliphatic rings. The molecule has 0 unspecified atom stereocenters. The van der Waals surface area contributed by atoms with Gasteiger partial charge in [0.15, 0.2) is 0 Å². The summed E-state index contributed by atoms with van der Waals surface area (Å²) in [6, 6.07) is 8.21. The van der Waals surface area contributed by atoms with Gasteiger partial charge < -0.3 is 29.3 Å². The van der Waals surface area contributed by atoms with Crippen molar-refractivity contribution in [3.05, 3.63) is 40.9 Å². The van der Waals surface area contributed by atoms with Gasteiger partial charge in [-0.15, -0.1) is 0 Å². The smallest absolute Gasteiger partial charge is 0.261 e. The summed E-state index contributed by atoms with van der Waals surface area (Å²) in [6.07, 6.45) is 6.61. The molecule has 0 fully saturated rings. The Morgan fingerprint density at radius 2 is 1.86 bits per heavy atom. The zero-order valence-corrected chi connectivity index (χ0v) is 15.6. The van der Waals surface area contributed by atoms with Crippen molar-refractivity contribution >= 4 is 10.9 Å². The summed E-state index contributed by atoms with van der Waals surface area (Å²) >= 11 is 0. The van der Waals surface area contributed by atoms with Gasteiger partial charge in [0.1, 0.15) is 0 Å². The maximum atomic E-state index is 12.4. The van der Waals surface area contributed by atoms with E-state index >= 15 is 0 Å². The molecule has 0 aliphatic heterocycles. The first kappa shape index (κ1) is 19.1. The third-order valence-corrected chi connectivity index (χ3v) is 3.92. The molecule has 0 amide bonds. The summed E-state index contributed by atoms with van der Waals surface area (Å²) in [4.78, 5) is 16.7. The van der Waals surface area contributed by atoms with Gasteiger partial charge in [-0.3, -0.25) is 9.36 Å². The van der Waals surface area contributed by atoms with Crippen LogP contribution in [0.4, 0.5) is 0 Å². The lowest BCUT2D eigenvalue weighted by Crippen LogP contribution is -3.00. The predicted octanol–water partition coefficient (Wildman–Crippen LogP) is -1.07. The van der Waals surface area contributed by atoms with Crippen LogP contribution in [0.5, 0.6) is 0 Å². The number of halogens is 1. The van der Waals surface area contributed by atoms with Crippen LogP contribution in [0, 0.1) is 0 Å². The number of rotatable bonds is 8. The highest BCUT2D eigenvalue weighted by Gasteiger charge is 2.10. The topological polar surface area (TPSA) is 51.5 Å². The van der Waals surface area contributed by atoms with E-state index in [1.165, 1.54) is 25.7 Å². The number of para-hydroxylation sites is 1. The Bertz CT molecular complexity index is 621. The van der Waals surface area contributed by atoms with Crippen molar-refractivity contribution in [3.63, 3.8) is 0 Å². The molecule has 2 rings (SSSR count). The summed E-state index contributed by atoms with van der Waals surface area (Å²) in [6.45, 7) is 6.12. The monoisotopic (exact) mass is 415 g/mol. The van der Waals surface area contributed by atoms with Gasteiger partial charge in [0, 0.05) is 0 Å². The molecule has 0 saturated carbocycles. The van der Waals surface area contributed by atoms with Crippen LogP contribution in [-0.2, 0) is 6.54 Å². The Morgan fingerprint density at radius 3 is 2.55 bits per heavy atom. The van der Waals surface area contributed by atoms with Crippen molar-refractivity contribution in [3.8, 4) is 0 Å². The van der Waals surface area contributed by atoms with E-state index in [1.807, 2.05) is 24.3 Å². The van der Waals surface area contributed by atoms with Crippen molar-refractivity contribution in [2.24, 2.45) is 0 Å². The van der Waals surface area contributed by atoms with Crippen molar-refractivity contribution in [1.29, 1.82) is 0 Å². The molecule has 1 aromatic carbocycles. The highest BCUT2D eigenvalue weighted by Crippen LogP contribution is 2.04. The minimum atomic E-state index is 0. The molecule has 0 spiro atoms. The van der Waals surface area contributed by atoms with E-state index in [0.717, 1.165) is 18.6 Å². The molecule has 4 nitrogen and oxygen atoms in total. The Balaban J connectivity index is 0.00000242. The van der Waals surface area contributed by atoms with Crippen LogP contribution >= 0.6 is 0 Å². The largest absolute Gasteiger partial charge is 1.00 e. The standard InChI is InChI=1S/C17H25N3O.HI/c1-3-7-14(8-4-2)18-11-12-20-13-19-16-10-6-5-9-15(16)17(20)21;/h5-6,9-10,13-14,18H,3-4,7-8,11-12H2,1-2H3;1H. The first-order chi connectivity index (χ1) is 10.3. The van der Waals surface area contributed by atoms with Crippen LogP contribution in [0.2, 0.25) is 0 Å². The summed E-state index contributed by atoms with van der Waals surface area (Å²) < 4.78 is 1.73. The van der Waals surface area contributed by atoms with Crippen LogP contribution in [0.1, 0.15) is 39.5 Å². The molecule has 0 aliphatic carbocycles. The minimum Gasteiger partial charge on any atom is -1.00 e. The molecule has 1 heterocycles. The average Bonchev–Trinajstić information content (AvgIpc) is 2.50. The number of nitrogens with two attached hydrogens (primary N) is 1. The first-order valence-corrected chi connectivity index (χ1v) is 8.03. The van der Waals surface area contributed by atoms with Gasteiger partial charge in [0.2, 0.25) is 0 Å². The zero-order chi connectivity index (χ0) is 15.1. The molecule has 0 bridgehead atoms. The number of nitrogens with zero attached hydrogens (tertiary/aromatic N) is 2. The van der Waals surface area contributed by atoms with Crippen molar-refractivity contribution in [2.75, 3.05) is 6.54 Å². The van der Waals surface area contributed by atoms with E-state index in [-0.39, 0.29) is 29.5 Å². The molecule has 5 heteroatoms. The molecule has 122 valence electrons. The third-order valence-electron chi connectivity index (χ3n) is 3.92. The normalized spacial score (nSPS) is 10.9. The molecular formula is C17H26IN3O.